The Morgan fingerprint density at radius 1 is 1.02 bits per heavy atom. The minimum absolute atomic E-state index is 0.0547. The fraction of sp³-hybridized carbons (Fsp3) is 0.235. The quantitative estimate of drug-likeness (QED) is 0.182. The van der Waals surface area contributed by atoms with Gasteiger partial charge >= 0.3 is 6.18 Å². The monoisotopic (exact) mass is 615 g/mol. The molecule has 45 heavy (non-hydrogen) atoms. The highest BCUT2D eigenvalue weighted by Gasteiger charge is 2.34. The van der Waals surface area contributed by atoms with Crippen LogP contribution in [-0.2, 0) is 12.7 Å². The summed E-state index contributed by atoms with van der Waals surface area (Å²) in [7, 11) is 1.99. The lowest BCUT2D eigenvalue weighted by atomic mass is 10.0. The summed E-state index contributed by atoms with van der Waals surface area (Å²) in [6.45, 7) is 4.91. The summed E-state index contributed by atoms with van der Waals surface area (Å²) in [4.78, 5) is 25.2. The summed E-state index contributed by atoms with van der Waals surface area (Å²) in [5, 5.41) is 13.3. The van der Waals surface area contributed by atoms with Crippen LogP contribution in [0.5, 0.6) is 17.2 Å². The van der Waals surface area contributed by atoms with Crippen LogP contribution in [0.4, 0.5) is 18.9 Å². The Hall–Kier alpha value is -4.87. The van der Waals surface area contributed by atoms with Crippen LogP contribution in [-0.4, -0.2) is 64.0 Å². The number of aromatic hydroxyl groups is 1. The van der Waals surface area contributed by atoms with E-state index < -0.39 is 17.6 Å². The molecule has 0 saturated carbocycles. The number of ether oxygens (including phenoxy) is 1. The Labute approximate surface area is 258 Å². The number of pyridine rings is 1. The Balaban J connectivity index is 1.24. The zero-order valence-corrected chi connectivity index (χ0v) is 24.8. The van der Waals surface area contributed by atoms with Crippen LogP contribution in [0.1, 0.15) is 27.0 Å². The van der Waals surface area contributed by atoms with Crippen molar-refractivity contribution in [3.8, 4) is 28.5 Å². The maximum Gasteiger partial charge on any atom is 0.416 e. The highest BCUT2D eigenvalue weighted by Crippen LogP contribution is 2.36. The van der Waals surface area contributed by atoms with Gasteiger partial charge in [-0.3, -0.25) is 9.69 Å². The van der Waals surface area contributed by atoms with E-state index in [-0.39, 0.29) is 29.1 Å². The van der Waals surface area contributed by atoms with E-state index in [1.54, 1.807) is 55.6 Å². The number of anilines is 1. The van der Waals surface area contributed by atoms with E-state index in [1.165, 1.54) is 12.1 Å². The van der Waals surface area contributed by atoms with Gasteiger partial charge in [0.15, 0.2) is 0 Å². The van der Waals surface area contributed by atoms with Crippen molar-refractivity contribution in [2.75, 3.05) is 38.5 Å². The maximum atomic E-state index is 14.1. The van der Waals surface area contributed by atoms with Crippen LogP contribution in [0.3, 0.4) is 0 Å². The normalized spacial score (nSPS) is 14.5. The average Bonchev–Trinajstić information content (AvgIpc) is 3.49. The largest absolute Gasteiger partial charge is 0.508 e. The lowest BCUT2D eigenvalue weighted by Gasteiger charge is -2.33. The molecule has 3 N–H and O–H groups in total. The molecule has 11 heteroatoms. The van der Waals surface area contributed by atoms with Gasteiger partial charge in [0.2, 0.25) is 0 Å². The number of aromatic nitrogens is 2. The predicted octanol–water partition coefficient (Wildman–Crippen LogP) is 7.05. The molecule has 1 aliphatic rings. The van der Waals surface area contributed by atoms with Crippen LogP contribution in [0.15, 0.2) is 79.0 Å². The molecule has 5 aromatic rings. The van der Waals surface area contributed by atoms with E-state index >= 15 is 0 Å². The standard InChI is InChI=1S/C34H32F3N5O3/c1-21-6-9-26(45-31-19-30(22-4-3-5-25(43)16-22)40-32-27(31)10-11-38-32)18-28(21)33(44)39-24-8-7-23(29(17-24)34(35,36)37)20-42-14-12-41(2)13-15-42/h3-11,16-19,43H,12-15,20H2,1-2H3,(H,38,40)(H,39,44). The number of carbonyl (C=O) groups is 1. The molecule has 0 spiro atoms. The smallest absolute Gasteiger partial charge is 0.416 e. The van der Waals surface area contributed by atoms with E-state index in [2.05, 4.69) is 20.2 Å². The molecule has 0 aliphatic carbocycles. The topological polar surface area (TPSA) is 93.7 Å². The van der Waals surface area contributed by atoms with Gasteiger partial charge in [-0.1, -0.05) is 24.3 Å². The number of aromatic amines is 1. The number of hydrogen-bond donors (Lipinski definition) is 3. The molecule has 1 aliphatic heterocycles. The van der Waals surface area contributed by atoms with Crippen LogP contribution in [0, 0.1) is 6.92 Å². The number of amides is 1. The second-order valence-corrected chi connectivity index (χ2v) is 11.3. The van der Waals surface area contributed by atoms with Gasteiger partial charge in [-0.15, -0.1) is 0 Å². The number of fused-ring (bicyclic) bond motifs is 1. The molecule has 232 valence electrons. The number of nitrogens with zero attached hydrogens (tertiary/aromatic N) is 3. The molecule has 1 saturated heterocycles. The summed E-state index contributed by atoms with van der Waals surface area (Å²) < 4.78 is 48.5. The van der Waals surface area contributed by atoms with Crippen molar-refractivity contribution >= 4 is 22.6 Å². The van der Waals surface area contributed by atoms with E-state index in [1.807, 2.05) is 24.1 Å². The number of nitrogens with one attached hydrogen (secondary N) is 2. The Bertz CT molecular complexity index is 1860. The van der Waals surface area contributed by atoms with Gasteiger partial charge in [0.25, 0.3) is 5.91 Å². The number of phenols is 1. The minimum atomic E-state index is -4.57. The van der Waals surface area contributed by atoms with Crippen molar-refractivity contribution in [2.24, 2.45) is 0 Å². The van der Waals surface area contributed by atoms with Gasteiger partial charge in [-0.2, -0.15) is 13.2 Å². The van der Waals surface area contributed by atoms with E-state index in [4.69, 9.17) is 4.74 Å². The fourth-order valence-electron chi connectivity index (χ4n) is 5.44. The SMILES string of the molecule is Cc1ccc(Oc2cc(-c3cccc(O)c3)nc3[nH]ccc23)cc1C(=O)Nc1ccc(CN2CCN(C)CC2)c(C(F)(F)F)c1. The molecule has 3 aromatic carbocycles. The Kier molecular flexibility index (Phi) is 8.22. The first-order valence-corrected chi connectivity index (χ1v) is 14.5. The number of halogens is 3. The van der Waals surface area contributed by atoms with Crippen molar-refractivity contribution in [2.45, 2.75) is 19.6 Å². The van der Waals surface area contributed by atoms with Gasteiger partial charge in [-0.05, 0) is 67.6 Å². The second kappa shape index (κ2) is 12.3. The van der Waals surface area contributed by atoms with Crippen LogP contribution in [0.2, 0.25) is 0 Å². The number of benzene rings is 3. The average molecular weight is 616 g/mol. The summed E-state index contributed by atoms with van der Waals surface area (Å²) in [5.41, 5.74) is 2.19. The van der Waals surface area contributed by atoms with Gasteiger partial charge in [0, 0.05) is 61.8 Å². The summed E-state index contributed by atoms with van der Waals surface area (Å²) in [6, 6.07) is 19.2. The van der Waals surface area contributed by atoms with Gasteiger partial charge in [-0.25, -0.2) is 4.98 Å². The molecule has 6 rings (SSSR count). The molecule has 1 fully saturated rings. The highest BCUT2D eigenvalue weighted by molar-refractivity contribution is 6.05. The van der Waals surface area contributed by atoms with E-state index in [9.17, 15) is 23.1 Å². The van der Waals surface area contributed by atoms with E-state index in [0.29, 0.717) is 52.4 Å². The molecule has 0 radical (unpaired) electrons. The van der Waals surface area contributed by atoms with Gasteiger partial charge < -0.3 is 25.0 Å². The molecule has 0 bridgehead atoms. The molecule has 0 atom stereocenters. The van der Waals surface area contributed by atoms with Crippen molar-refractivity contribution in [3.05, 3.63) is 101 Å². The predicted molar refractivity (Wildman–Crippen MR) is 167 cm³/mol. The summed E-state index contributed by atoms with van der Waals surface area (Å²) in [6.07, 6.45) is -2.84. The first-order chi connectivity index (χ1) is 21.5. The number of alkyl halides is 3. The van der Waals surface area contributed by atoms with Crippen molar-refractivity contribution in [1.29, 1.82) is 0 Å². The van der Waals surface area contributed by atoms with Crippen molar-refractivity contribution in [1.82, 2.24) is 19.8 Å². The van der Waals surface area contributed by atoms with Crippen LogP contribution in [0.25, 0.3) is 22.3 Å². The lowest BCUT2D eigenvalue weighted by molar-refractivity contribution is -0.138. The Morgan fingerprint density at radius 2 is 1.82 bits per heavy atom. The molecule has 3 heterocycles. The zero-order chi connectivity index (χ0) is 31.7. The minimum Gasteiger partial charge on any atom is -0.508 e. The number of likely N-dealkylation sites (N-methyl/N-ethyl adjacent to an activating group) is 1. The summed E-state index contributed by atoms with van der Waals surface area (Å²) in [5.74, 6) is 0.379. The Morgan fingerprint density at radius 3 is 2.58 bits per heavy atom. The number of rotatable bonds is 7. The van der Waals surface area contributed by atoms with E-state index in [0.717, 1.165) is 19.2 Å². The first-order valence-electron chi connectivity index (χ1n) is 14.5. The third-order valence-electron chi connectivity index (χ3n) is 7.98. The summed E-state index contributed by atoms with van der Waals surface area (Å²) >= 11 is 0. The number of aryl methyl sites for hydroxylation is 1. The molecule has 1 amide bonds. The first kappa shape index (κ1) is 30.2. The number of piperazine rings is 1. The van der Waals surface area contributed by atoms with Crippen LogP contribution >= 0.6 is 0 Å². The highest BCUT2D eigenvalue weighted by atomic mass is 19.4. The molecule has 2 aromatic heterocycles. The van der Waals surface area contributed by atoms with Gasteiger partial charge in [0.1, 0.15) is 22.9 Å². The van der Waals surface area contributed by atoms with Crippen LogP contribution < -0.4 is 10.1 Å². The lowest BCUT2D eigenvalue weighted by Crippen LogP contribution is -2.44. The van der Waals surface area contributed by atoms with Crippen molar-refractivity contribution in [3.63, 3.8) is 0 Å². The number of H-pyrrole nitrogens is 1. The second-order valence-electron chi connectivity index (χ2n) is 11.3. The molecular weight excluding hydrogens is 583 g/mol. The maximum absolute atomic E-state index is 14.1. The third kappa shape index (κ3) is 6.79. The number of hydrogen-bond acceptors (Lipinski definition) is 6. The molecule has 8 nitrogen and oxygen atoms in total. The van der Waals surface area contributed by atoms with Gasteiger partial charge in [0.05, 0.1) is 16.6 Å². The van der Waals surface area contributed by atoms with Crippen molar-refractivity contribution < 1.29 is 27.8 Å². The number of carbonyl (C=O) groups excluding carboxylic acids is 1. The number of phenolic OH excluding ortho intramolecular Hbond substituents is 1. The molecule has 0 unspecified atom stereocenters. The fourth-order valence-corrected chi connectivity index (χ4v) is 5.44. The molecular formula is C34H32F3N5O3. The zero-order valence-electron chi connectivity index (χ0n) is 24.8. The third-order valence-corrected chi connectivity index (χ3v) is 7.98.